The van der Waals surface area contributed by atoms with E-state index in [1.54, 1.807) is 19.2 Å². The fourth-order valence-corrected chi connectivity index (χ4v) is 6.18. The lowest BCUT2D eigenvalue weighted by Gasteiger charge is -2.12. The molecule has 14 heteroatoms. The summed E-state index contributed by atoms with van der Waals surface area (Å²) in [5.74, 6) is -0.824. The number of urea groups is 1. The van der Waals surface area contributed by atoms with Crippen molar-refractivity contribution in [3.05, 3.63) is 72.9 Å². The number of halogens is 3. The van der Waals surface area contributed by atoms with E-state index in [2.05, 4.69) is 38.2 Å². The molecule has 4 rings (SSSR count). The van der Waals surface area contributed by atoms with E-state index in [0.29, 0.717) is 10.9 Å². The zero-order chi connectivity index (χ0) is 24.6. The first-order valence-electron chi connectivity index (χ1n) is 9.37. The summed E-state index contributed by atoms with van der Waals surface area (Å²) in [4.78, 5) is 29.4. The smallest absolute Gasteiger partial charge is 0.333 e. The number of carbonyl (C=O) groups is 1. The number of nitrogens with one attached hydrogen (secondary N) is 3. The molecule has 9 nitrogen and oxygen atoms in total. The van der Waals surface area contributed by atoms with Crippen LogP contribution in [0.1, 0.15) is 0 Å². The SMILES string of the molecule is CNc1cc2ncn(-c3ccc(NC(=O)NS(=O)(=O)c4ccc(Cl)s4)cc3F)c(=O)c2cc1I. The molecule has 2 aromatic carbocycles. The Morgan fingerprint density at radius 1 is 1.21 bits per heavy atom. The topological polar surface area (TPSA) is 122 Å². The van der Waals surface area contributed by atoms with Crippen LogP contribution in [0, 0.1) is 9.39 Å². The average molecular weight is 634 g/mol. The molecule has 0 bridgehead atoms. The van der Waals surface area contributed by atoms with Crippen molar-refractivity contribution in [2.24, 2.45) is 0 Å². The Labute approximate surface area is 215 Å². The predicted molar refractivity (Wildman–Crippen MR) is 138 cm³/mol. The van der Waals surface area contributed by atoms with Crippen molar-refractivity contribution in [3.8, 4) is 5.69 Å². The lowest BCUT2D eigenvalue weighted by Crippen LogP contribution is -2.34. The van der Waals surface area contributed by atoms with Crippen LogP contribution in [0.2, 0.25) is 4.34 Å². The minimum atomic E-state index is -4.14. The average Bonchev–Trinajstić information content (AvgIpc) is 3.22. The number of anilines is 2. The zero-order valence-corrected chi connectivity index (χ0v) is 21.6. The van der Waals surface area contributed by atoms with Crippen LogP contribution < -0.4 is 20.9 Å². The third-order valence-electron chi connectivity index (χ3n) is 4.62. The minimum Gasteiger partial charge on any atom is -0.387 e. The summed E-state index contributed by atoms with van der Waals surface area (Å²) in [7, 11) is -2.38. The summed E-state index contributed by atoms with van der Waals surface area (Å²) in [6, 6.07) is 8.52. The maximum atomic E-state index is 14.9. The molecular weight excluding hydrogens is 620 g/mol. The maximum absolute atomic E-state index is 14.9. The van der Waals surface area contributed by atoms with Gasteiger partial charge in [0.15, 0.2) is 0 Å². The number of amides is 2. The second kappa shape index (κ2) is 9.48. The molecule has 0 aliphatic heterocycles. The first-order chi connectivity index (χ1) is 16.1. The van der Waals surface area contributed by atoms with Crippen molar-refractivity contribution < 1.29 is 17.6 Å². The van der Waals surface area contributed by atoms with E-state index in [1.165, 1.54) is 30.6 Å². The van der Waals surface area contributed by atoms with Crippen molar-refractivity contribution >= 4 is 83.9 Å². The summed E-state index contributed by atoms with van der Waals surface area (Å²) in [5.41, 5.74) is 0.687. The van der Waals surface area contributed by atoms with E-state index in [9.17, 15) is 22.4 Å². The number of fused-ring (bicyclic) bond motifs is 1. The fraction of sp³-hybridized carbons (Fsp3) is 0.0500. The standard InChI is InChI=1S/C20H14ClFIN5O4S2/c1-24-15-8-14-11(7-13(15)23)19(29)28(9-25-14)16-3-2-10(6-12(16)22)26-20(30)27-34(31,32)18-5-4-17(21)33-18/h2-9,24H,1H3,(H2,26,27,30). The van der Waals surface area contributed by atoms with Gasteiger partial charge >= 0.3 is 6.03 Å². The van der Waals surface area contributed by atoms with Crippen LogP contribution in [0.3, 0.4) is 0 Å². The number of rotatable bonds is 5. The summed E-state index contributed by atoms with van der Waals surface area (Å²) in [6.45, 7) is 0. The molecular formula is C20H14ClFIN5O4S2. The molecule has 2 heterocycles. The van der Waals surface area contributed by atoms with Crippen molar-refractivity contribution in [2.45, 2.75) is 4.21 Å². The second-order valence-corrected chi connectivity index (χ2v) is 11.6. The summed E-state index contributed by atoms with van der Waals surface area (Å²) in [6.07, 6.45) is 1.22. The number of carbonyl (C=O) groups excluding carboxylic acids is 1. The first kappa shape index (κ1) is 24.4. The van der Waals surface area contributed by atoms with Crippen molar-refractivity contribution in [1.29, 1.82) is 0 Å². The zero-order valence-electron chi connectivity index (χ0n) is 17.1. The van der Waals surface area contributed by atoms with Gasteiger partial charge in [-0.25, -0.2) is 27.3 Å². The van der Waals surface area contributed by atoms with Crippen molar-refractivity contribution in [1.82, 2.24) is 14.3 Å². The normalized spacial score (nSPS) is 11.4. The highest BCUT2D eigenvalue weighted by Gasteiger charge is 2.20. The third-order valence-corrected chi connectivity index (χ3v) is 8.57. The molecule has 0 saturated carbocycles. The van der Waals surface area contributed by atoms with Crippen LogP contribution in [-0.2, 0) is 10.0 Å². The summed E-state index contributed by atoms with van der Waals surface area (Å²) in [5, 5.41) is 5.57. The number of hydrogen-bond acceptors (Lipinski definition) is 7. The number of aromatic nitrogens is 2. The van der Waals surface area contributed by atoms with E-state index in [-0.39, 0.29) is 19.9 Å². The van der Waals surface area contributed by atoms with Gasteiger partial charge in [0.25, 0.3) is 15.6 Å². The van der Waals surface area contributed by atoms with E-state index < -0.39 is 27.4 Å². The van der Waals surface area contributed by atoms with Crippen LogP contribution in [0.5, 0.6) is 0 Å². The molecule has 2 amide bonds. The van der Waals surface area contributed by atoms with E-state index in [1.807, 2.05) is 4.72 Å². The van der Waals surface area contributed by atoms with Crippen LogP contribution >= 0.6 is 45.5 Å². The summed E-state index contributed by atoms with van der Waals surface area (Å²) >= 11 is 8.59. The molecule has 0 radical (unpaired) electrons. The van der Waals surface area contributed by atoms with Crippen LogP contribution in [0.4, 0.5) is 20.6 Å². The van der Waals surface area contributed by atoms with Crippen molar-refractivity contribution in [2.75, 3.05) is 17.7 Å². The van der Waals surface area contributed by atoms with Gasteiger partial charge in [0.1, 0.15) is 16.4 Å². The van der Waals surface area contributed by atoms with Crippen LogP contribution in [-0.4, -0.2) is 31.0 Å². The van der Waals surface area contributed by atoms with Gasteiger partial charge < -0.3 is 10.6 Å². The quantitative estimate of drug-likeness (QED) is 0.280. The molecule has 4 aromatic rings. The number of hydrogen-bond donors (Lipinski definition) is 3. The van der Waals surface area contributed by atoms with Gasteiger partial charge in [0, 0.05) is 22.0 Å². The molecule has 0 unspecified atom stereocenters. The van der Waals surface area contributed by atoms with Gasteiger partial charge in [-0.15, -0.1) is 11.3 Å². The molecule has 0 aliphatic carbocycles. The molecule has 2 aromatic heterocycles. The van der Waals surface area contributed by atoms with Gasteiger partial charge in [-0.2, -0.15) is 0 Å². The van der Waals surface area contributed by atoms with Crippen molar-refractivity contribution in [3.63, 3.8) is 0 Å². The molecule has 0 fully saturated rings. The Balaban J connectivity index is 1.59. The lowest BCUT2D eigenvalue weighted by molar-refractivity contribution is 0.256. The number of sulfonamides is 1. The van der Waals surface area contributed by atoms with Crippen LogP contribution in [0.15, 0.2) is 57.8 Å². The predicted octanol–water partition coefficient (Wildman–Crippen LogP) is 4.40. The molecule has 0 spiro atoms. The molecule has 0 aliphatic rings. The molecule has 176 valence electrons. The van der Waals surface area contributed by atoms with E-state index >= 15 is 0 Å². The van der Waals surface area contributed by atoms with Gasteiger partial charge in [0.2, 0.25) is 0 Å². The minimum absolute atomic E-state index is 0.0202. The Morgan fingerprint density at radius 2 is 1.97 bits per heavy atom. The second-order valence-electron chi connectivity index (χ2n) is 6.80. The molecule has 3 N–H and O–H groups in total. The third kappa shape index (κ3) is 4.87. The molecule has 0 saturated heterocycles. The lowest BCUT2D eigenvalue weighted by atomic mass is 10.2. The monoisotopic (exact) mass is 633 g/mol. The highest BCUT2D eigenvalue weighted by atomic mass is 127. The highest BCUT2D eigenvalue weighted by molar-refractivity contribution is 14.1. The number of benzene rings is 2. The maximum Gasteiger partial charge on any atom is 0.333 e. The molecule has 34 heavy (non-hydrogen) atoms. The largest absolute Gasteiger partial charge is 0.387 e. The highest BCUT2D eigenvalue weighted by Crippen LogP contribution is 2.26. The van der Waals surface area contributed by atoms with E-state index in [0.717, 1.165) is 31.2 Å². The van der Waals surface area contributed by atoms with Crippen LogP contribution in [0.25, 0.3) is 16.6 Å². The van der Waals surface area contributed by atoms with Gasteiger partial charge in [-0.05, 0) is 65.1 Å². The number of nitrogens with zero attached hydrogens (tertiary/aromatic N) is 2. The fourth-order valence-electron chi connectivity index (χ4n) is 3.06. The van der Waals surface area contributed by atoms with Gasteiger partial charge in [0.05, 0.1) is 20.9 Å². The Kier molecular flexibility index (Phi) is 6.80. The van der Waals surface area contributed by atoms with Gasteiger partial charge in [-0.3, -0.25) is 9.36 Å². The molecule has 0 atom stereocenters. The Morgan fingerprint density at radius 3 is 2.62 bits per heavy atom. The summed E-state index contributed by atoms with van der Waals surface area (Å²) < 4.78 is 43.1. The Bertz CT molecular complexity index is 1610. The van der Waals surface area contributed by atoms with Gasteiger partial charge in [-0.1, -0.05) is 11.6 Å². The first-order valence-corrected chi connectivity index (χ1v) is 13.1. The number of thiophene rings is 1. The van der Waals surface area contributed by atoms with E-state index in [4.69, 9.17) is 11.6 Å². The Hall–Kier alpha value is -2.75.